The van der Waals surface area contributed by atoms with Gasteiger partial charge >= 0.3 is 0 Å². The van der Waals surface area contributed by atoms with Gasteiger partial charge in [0.1, 0.15) is 0 Å². The Kier molecular flexibility index (Phi) is 4.77. The molecule has 1 aliphatic rings. The van der Waals surface area contributed by atoms with Gasteiger partial charge in [-0.15, -0.1) is 0 Å². The molecule has 6 heteroatoms. The molecule has 5 nitrogen and oxygen atoms in total. The van der Waals surface area contributed by atoms with Crippen molar-refractivity contribution < 1.29 is 13.2 Å². The van der Waals surface area contributed by atoms with Crippen molar-refractivity contribution in [2.75, 3.05) is 12.8 Å². The van der Waals surface area contributed by atoms with Gasteiger partial charge in [0.2, 0.25) is 15.9 Å². The Balaban J connectivity index is 1.92. The van der Waals surface area contributed by atoms with Crippen LogP contribution in [0, 0.1) is 0 Å². The number of sulfonamides is 1. The van der Waals surface area contributed by atoms with Gasteiger partial charge in [0.25, 0.3) is 0 Å². The van der Waals surface area contributed by atoms with Crippen molar-refractivity contribution in [3.05, 3.63) is 35.9 Å². The van der Waals surface area contributed by atoms with Gasteiger partial charge in [0.05, 0.1) is 6.26 Å². The summed E-state index contributed by atoms with van der Waals surface area (Å²) < 4.78 is 24.9. The molecule has 20 heavy (non-hydrogen) atoms. The zero-order valence-corrected chi connectivity index (χ0v) is 12.4. The van der Waals surface area contributed by atoms with E-state index in [9.17, 15) is 13.2 Å². The van der Waals surface area contributed by atoms with E-state index in [2.05, 4.69) is 5.32 Å². The average molecular weight is 296 g/mol. The lowest BCUT2D eigenvalue weighted by atomic mass is 10.2. The Morgan fingerprint density at radius 1 is 1.30 bits per heavy atom. The van der Waals surface area contributed by atoms with Gasteiger partial charge in [-0.3, -0.25) is 4.79 Å². The van der Waals surface area contributed by atoms with Crippen LogP contribution in [0.15, 0.2) is 30.3 Å². The number of amides is 1. The molecule has 110 valence electrons. The van der Waals surface area contributed by atoms with Gasteiger partial charge in [-0.2, -0.15) is 4.31 Å². The maximum atomic E-state index is 11.8. The lowest BCUT2D eigenvalue weighted by Crippen LogP contribution is -2.34. The number of carbonyl (C=O) groups excluding carboxylic acids is 1. The van der Waals surface area contributed by atoms with E-state index >= 15 is 0 Å². The molecule has 0 radical (unpaired) electrons. The second-order valence-corrected chi connectivity index (χ2v) is 7.16. The van der Waals surface area contributed by atoms with Gasteiger partial charge < -0.3 is 5.32 Å². The molecular weight excluding hydrogens is 276 g/mol. The molecule has 1 N–H and O–H groups in total. The van der Waals surface area contributed by atoms with E-state index in [1.807, 2.05) is 30.3 Å². The smallest absolute Gasteiger partial charge is 0.221 e. The predicted molar refractivity (Wildman–Crippen MR) is 77.5 cm³/mol. The van der Waals surface area contributed by atoms with E-state index in [1.54, 1.807) is 0 Å². The molecule has 0 atom stereocenters. The SMILES string of the molecule is CS(=O)(=O)N(CCC(=O)NC1CC1)Cc1ccccc1. The summed E-state index contributed by atoms with van der Waals surface area (Å²) in [6, 6.07) is 9.69. The molecule has 0 aromatic heterocycles. The van der Waals surface area contributed by atoms with Crippen LogP contribution in [0.4, 0.5) is 0 Å². The Labute approximate surface area is 120 Å². The summed E-state index contributed by atoms with van der Waals surface area (Å²) in [4.78, 5) is 11.6. The van der Waals surface area contributed by atoms with Gasteiger partial charge in [-0.1, -0.05) is 30.3 Å². The zero-order chi connectivity index (χ0) is 14.6. The highest BCUT2D eigenvalue weighted by Crippen LogP contribution is 2.18. The van der Waals surface area contributed by atoms with Gasteiger partial charge in [0.15, 0.2) is 0 Å². The summed E-state index contributed by atoms with van der Waals surface area (Å²) in [6.45, 7) is 0.517. The molecular formula is C14H20N2O3S. The molecule has 0 heterocycles. The summed E-state index contributed by atoms with van der Waals surface area (Å²) in [5.74, 6) is -0.0748. The van der Waals surface area contributed by atoms with Crippen LogP contribution in [-0.4, -0.2) is 37.5 Å². The lowest BCUT2D eigenvalue weighted by molar-refractivity contribution is -0.121. The summed E-state index contributed by atoms with van der Waals surface area (Å²) in [6.07, 6.45) is 3.45. The first-order chi connectivity index (χ1) is 9.45. The fourth-order valence-corrected chi connectivity index (χ4v) is 2.71. The lowest BCUT2D eigenvalue weighted by Gasteiger charge is -2.19. The molecule has 1 saturated carbocycles. The molecule has 0 unspecified atom stereocenters. The third-order valence-corrected chi connectivity index (χ3v) is 4.45. The molecule has 1 fully saturated rings. The summed E-state index contributed by atoms with van der Waals surface area (Å²) in [5.41, 5.74) is 0.917. The third-order valence-electron chi connectivity index (χ3n) is 3.20. The highest BCUT2D eigenvalue weighted by molar-refractivity contribution is 7.88. The second kappa shape index (κ2) is 6.37. The van der Waals surface area contributed by atoms with Crippen LogP contribution in [0.1, 0.15) is 24.8 Å². The molecule has 1 aromatic carbocycles. The molecule has 0 aliphatic heterocycles. The van der Waals surface area contributed by atoms with Gasteiger partial charge in [-0.05, 0) is 18.4 Å². The molecule has 0 spiro atoms. The van der Waals surface area contributed by atoms with E-state index in [1.165, 1.54) is 10.6 Å². The monoisotopic (exact) mass is 296 g/mol. The minimum Gasteiger partial charge on any atom is -0.353 e. The van der Waals surface area contributed by atoms with Crippen LogP contribution in [0.25, 0.3) is 0 Å². The summed E-state index contributed by atoms with van der Waals surface area (Å²) in [7, 11) is -3.32. The van der Waals surface area contributed by atoms with Crippen molar-refractivity contribution in [2.24, 2.45) is 0 Å². The van der Waals surface area contributed by atoms with Crippen LogP contribution < -0.4 is 5.32 Å². The molecule has 2 rings (SSSR count). The normalized spacial score (nSPS) is 15.3. The van der Waals surface area contributed by atoms with Crippen LogP contribution >= 0.6 is 0 Å². The number of benzene rings is 1. The van der Waals surface area contributed by atoms with Crippen molar-refractivity contribution in [3.63, 3.8) is 0 Å². The zero-order valence-electron chi connectivity index (χ0n) is 11.6. The fourth-order valence-electron chi connectivity index (χ4n) is 1.90. The van der Waals surface area contributed by atoms with Crippen LogP contribution in [0.2, 0.25) is 0 Å². The minimum atomic E-state index is -3.32. The topological polar surface area (TPSA) is 66.5 Å². The first kappa shape index (κ1) is 15.0. The molecule has 0 saturated heterocycles. The van der Waals surface area contributed by atoms with Crippen molar-refractivity contribution in [1.29, 1.82) is 0 Å². The van der Waals surface area contributed by atoms with Crippen molar-refractivity contribution in [1.82, 2.24) is 9.62 Å². The van der Waals surface area contributed by atoms with Crippen molar-refractivity contribution in [2.45, 2.75) is 31.8 Å². The third kappa shape index (κ3) is 4.94. The number of carbonyl (C=O) groups is 1. The molecule has 1 aromatic rings. The van der Waals surface area contributed by atoms with Crippen LogP contribution in [0.3, 0.4) is 0 Å². The fraction of sp³-hybridized carbons (Fsp3) is 0.500. The van der Waals surface area contributed by atoms with E-state index in [4.69, 9.17) is 0 Å². The summed E-state index contributed by atoms with van der Waals surface area (Å²) in [5, 5.41) is 2.86. The highest BCUT2D eigenvalue weighted by Gasteiger charge is 2.24. The number of rotatable bonds is 7. The van der Waals surface area contributed by atoms with E-state index in [0.29, 0.717) is 12.6 Å². The number of nitrogens with zero attached hydrogens (tertiary/aromatic N) is 1. The maximum absolute atomic E-state index is 11.8. The first-order valence-electron chi connectivity index (χ1n) is 6.73. The standard InChI is InChI=1S/C14H20N2O3S/c1-20(18,19)16(11-12-5-3-2-4-6-12)10-9-14(17)15-13-7-8-13/h2-6,13H,7-11H2,1H3,(H,15,17). The highest BCUT2D eigenvalue weighted by atomic mass is 32.2. The number of hydrogen-bond acceptors (Lipinski definition) is 3. The molecule has 1 amide bonds. The molecule has 1 aliphatic carbocycles. The second-order valence-electron chi connectivity index (χ2n) is 5.17. The van der Waals surface area contributed by atoms with Crippen molar-refractivity contribution >= 4 is 15.9 Å². The molecule has 0 bridgehead atoms. The predicted octanol–water partition coefficient (Wildman–Crippen LogP) is 1.12. The maximum Gasteiger partial charge on any atom is 0.221 e. The van der Waals surface area contributed by atoms with Gasteiger partial charge in [-0.25, -0.2) is 8.42 Å². The largest absolute Gasteiger partial charge is 0.353 e. The Bertz CT molecular complexity index is 553. The van der Waals surface area contributed by atoms with Crippen molar-refractivity contribution in [3.8, 4) is 0 Å². The van der Waals surface area contributed by atoms with Gasteiger partial charge in [0, 0.05) is 25.6 Å². The quantitative estimate of drug-likeness (QED) is 0.820. The Hall–Kier alpha value is -1.40. The van der Waals surface area contributed by atoms with E-state index in [0.717, 1.165) is 18.4 Å². The summed E-state index contributed by atoms with van der Waals surface area (Å²) >= 11 is 0. The van der Waals surface area contributed by atoms with E-state index in [-0.39, 0.29) is 18.9 Å². The van der Waals surface area contributed by atoms with Crippen LogP contribution in [-0.2, 0) is 21.4 Å². The Morgan fingerprint density at radius 2 is 1.95 bits per heavy atom. The first-order valence-corrected chi connectivity index (χ1v) is 8.58. The number of nitrogens with one attached hydrogen (secondary N) is 1. The van der Waals surface area contributed by atoms with E-state index < -0.39 is 10.0 Å². The minimum absolute atomic E-state index is 0.0748. The Morgan fingerprint density at radius 3 is 2.50 bits per heavy atom. The average Bonchev–Trinajstić information content (AvgIpc) is 3.18. The number of hydrogen-bond donors (Lipinski definition) is 1. The van der Waals surface area contributed by atoms with Crippen LogP contribution in [0.5, 0.6) is 0 Å².